The number of nitrogens with two attached hydrogens (primary N) is 1. The van der Waals surface area contributed by atoms with Crippen LogP contribution in [0.25, 0.3) is 10.8 Å². The number of nitrogens with zero attached hydrogens (tertiary/aromatic N) is 1. The van der Waals surface area contributed by atoms with Crippen LogP contribution in [-0.2, 0) is 0 Å². The van der Waals surface area contributed by atoms with Crippen molar-refractivity contribution in [1.82, 2.24) is 15.5 Å². The topological polar surface area (TPSA) is 101 Å². The van der Waals surface area contributed by atoms with E-state index >= 15 is 0 Å². The quantitative estimate of drug-likeness (QED) is 0.748. The SMILES string of the molecule is NCC(F)(F)CNC(=O)c1n[nH]c(=O)c2ccccc12. The normalized spacial score (nSPS) is 11.6. The number of alkyl halides is 2. The van der Waals surface area contributed by atoms with E-state index in [9.17, 15) is 18.4 Å². The second kappa shape index (κ2) is 5.33. The van der Waals surface area contributed by atoms with E-state index in [1.54, 1.807) is 12.1 Å². The summed E-state index contributed by atoms with van der Waals surface area (Å²) < 4.78 is 26.0. The summed E-state index contributed by atoms with van der Waals surface area (Å²) in [6, 6.07) is 6.28. The van der Waals surface area contributed by atoms with Crippen LogP contribution in [0.1, 0.15) is 10.5 Å². The van der Waals surface area contributed by atoms with Crippen LogP contribution in [0.15, 0.2) is 29.1 Å². The molecule has 0 saturated heterocycles. The molecule has 20 heavy (non-hydrogen) atoms. The van der Waals surface area contributed by atoms with E-state index in [1.807, 2.05) is 5.32 Å². The highest BCUT2D eigenvalue weighted by Gasteiger charge is 2.28. The Labute approximate surface area is 112 Å². The van der Waals surface area contributed by atoms with Gasteiger partial charge in [0.05, 0.1) is 18.5 Å². The van der Waals surface area contributed by atoms with Gasteiger partial charge >= 0.3 is 0 Å². The highest BCUT2D eigenvalue weighted by Crippen LogP contribution is 2.13. The Morgan fingerprint density at radius 2 is 2.00 bits per heavy atom. The van der Waals surface area contributed by atoms with Crippen molar-refractivity contribution in [2.24, 2.45) is 5.73 Å². The van der Waals surface area contributed by atoms with Crippen LogP contribution < -0.4 is 16.6 Å². The lowest BCUT2D eigenvalue weighted by atomic mass is 10.1. The predicted octanol–water partition coefficient (Wildman–Crippen LogP) is 0.247. The molecule has 0 aliphatic carbocycles. The molecule has 1 amide bonds. The fraction of sp³-hybridized carbons (Fsp3) is 0.250. The molecule has 0 aliphatic rings. The van der Waals surface area contributed by atoms with Gasteiger partial charge in [-0.25, -0.2) is 13.9 Å². The Morgan fingerprint density at radius 3 is 2.65 bits per heavy atom. The van der Waals surface area contributed by atoms with Gasteiger partial charge < -0.3 is 11.1 Å². The molecule has 8 heteroatoms. The van der Waals surface area contributed by atoms with Gasteiger partial charge in [0, 0.05) is 5.39 Å². The van der Waals surface area contributed by atoms with Crippen molar-refractivity contribution in [2.45, 2.75) is 5.92 Å². The lowest BCUT2D eigenvalue weighted by Gasteiger charge is -2.14. The number of aromatic nitrogens is 2. The average molecular weight is 282 g/mol. The molecular weight excluding hydrogens is 270 g/mol. The van der Waals surface area contributed by atoms with Crippen molar-refractivity contribution in [3.05, 3.63) is 40.3 Å². The molecule has 0 spiro atoms. The smallest absolute Gasteiger partial charge is 0.277 e. The summed E-state index contributed by atoms with van der Waals surface area (Å²) in [5.74, 6) is -3.99. The molecule has 2 rings (SSSR count). The Kier molecular flexibility index (Phi) is 3.75. The molecule has 0 aliphatic heterocycles. The molecule has 1 aromatic carbocycles. The zero-order valence-corrected chi connectivity index (χ0v) is 10.3. The van der Waals surface area contributed by atoms with E-state index in [1.165, 1.54) is 12.1 Å². The van der Waals surface area contributed by atoms with Gasteiger partial charge in [-0.3, -0.25) is 9.59 Å². The predicted molar refractivity (Wildman–Crippen MR) is 68.7 cm³/mol. The summed E-state index contributed by atoms with van der Waals surface area (Å²) in [5.41, 5.74) is 4.31. The number of carbonyl (C=O) groups is 1. The van der Waals surface area contributed by atoms with Crippen LogP contribution in [0, 0.1) is 0 Å². The number of aromatic amines is 1. The summed E-state index contributed by atoms with van der Waals surface area (Å²) in [4.78, 5) is 23.4. The van der Waals surface area contributed by atoms with Gasteiger partial charge in [-0.05, 0) is 6.07 Å². The minimum atomic E-state index is -3.19. The van der Waals surface area contributed by atoms with Gasteiger partial charge in [-0.15, -0.1) is 0 Å². The summed E-state index contributed by atoms with van der Waals surface area (Å²) in [7, 11) is 0. The van der Waals surface area contributed by atoms with Crippen LogP contribution in [0.2, 0.25) is 0 Å². The van der Waals surface area contributed by atoms with Gasteiger partial charge in [0.1, 0.15) is 0 Å². The van der Waals surface area contributed by atoms with Crippen LogP contribution in [0.5, 0.6) is 0 Å². The maximum absolute atomic E-state index is 13.0. The number of carbonyl (C=O) groups excluding carboxylic acids is 1. The Bertz CT molecular complexity index is 699. The second-order valence-electron chi connectivity index (χ2n) is 4.19. The number of nitrogens with one attached hydrogen (secondary N) is 2. The molecule has 2 aromatic rings. The number of benzene rings is 1. The standard InChI is InChI=1S/C12H12F2N4O2/c13-12(14,5-15)6-16-11(20)9-7-3-1-2-4-8(7)10(19)18-17-9/h1-4H,5-6,15H2,(H,16,20)(H,18,19). The first kappa shape index (κ1) is 14.1. The molecule has 1 aromatic heterocycles. The Hall–Kier alpha value is -2.35. The van der Waals surface area contributed by atoms with Gasteiger partial charge in [-0.2, -0.15) is 5.10 Å². The fourth-order valence-corrected chi connectivity index (χ4v) is 1.65. The van der Waals surface area contributed by atoms with Crippen LogP contribution in [0.3, 0.4) is 0 Å². The number of hydrogen-bond donors (Lipinski definition) is 3. The molecule has 1 heterocycles. The van der Waals surface area contributed by atoms with Crippen molar-refractivity contribution in [3.8, 4) is 0 Å². The molecule has 0 saturated carbocycles. The third-order valence-corrected chi connectivity index (χ3v) is 2.72. The highest BCUT2D eigenvalue weighted by atomic mass is 19.3. The summed E-state index contributed by atoms with van der Waals surface area (Å²) >= 11 is 0. The van der Waals surface area contributed by atoms with Crippen LogP contribution in [-0.4, -0.2) is 35.1 Å². The zero-order valence-electron chi connectivity index (χ0n) is 10.3. The van der Waals surface area contributed by atoms with Gasteiger partial charge in [0.15, 0.2) is 5.69 Å². The molecule has 0 fully saturated rings. The molecule has 0 atom stereocenters. The summed E-state index contributed by atoms with van der Waals surface area (Å²) in [5, 5.41) is 8.37. The third-order valence-electron chi connectivity index (χ3n) is 2.72. The maximum Gasteiger partial charge on any atom is 0.277 e. The maximum atomic E-state index is 13.0. The third kappa shape index (κ3) is 2.80. The number of H-pyrrole nitrogens is 1. The van der Waals surface area contributed by atoms with Crippen molar-refractivity contribution in [2.75, 3.05) is 13.1 Å². The van der Waals surface area contributed by atoms with Crippen molar-refractivity contribution in [3.63, 3.8) is 0 Å². The number of halogens is 2. The molecule has 106 valence electrons. The Balaban J connectivity index is 2.32. The van der Waals surface area contributed by atoms with E-state index in [0.29, 0.717) is 5.39 Å². The number of hydrogen-bond acceptors (Lipinski definition) is 4. The second-order valence-corrected chi connectivity index (χ2v) is 4.19. The lowest BCUT2D eigenvalue weighted by molar-refractivity contribution is 0.0118. The van der Waals surface area contributed by atoms with Crippen molar-refractivity contribution < 1.29 is 13.6 Å². The molecule has 0 bridgehead atoms. The van der Waals surface area contributed by atoms with E-state index < -0.39 is 30.5 Å². The molecule has 6 nitrogen and oxygen atoms in total. The van der Waals surface area contributed by atoms with E-state index in [4.69, 9.17) is 5.73 Å². The minimum Gasteiger partial charge on any atom is -0.345 e. The van der Waals surface area contributed by atoms with Gasteiger partial charge in [0.2, 0.25) is 0 Å². The monoisotopic (exact) mass is 282 g/mol. The van der Waals surface area contributed by atoms with Crippen LogP contribution in [0.4, 0.5) is 8.78 Å². The van der Waals surface area contributed by atoms with E-state index in [2.05, 4.69) is 10.2 Å². The van der Waals surface area contributed by atoms with E-state index in [0.717, 1.165) is 0 Å². The average Bonchev–Trinajstić information content (AvgIpc) is 2.46. The fourth-order valence-electron chi connectivity index (χ4n) is 1.65. The summed E-state index contributed by atoms with van der Waals surface area (Å²) in [6.07, 6.45) is 0. The lowest BCUT2D eigenvalue weighted by Crippen LogP contribution is -2.42. The number of rotatable bonds is 4. The molecule has 0 unspecified atom stereocenters. The zero-order chi connectivity index (χ0) is 14.8. The number of fused-ring (bicyclic) bond motifs is 1. The molecule has 0 radical (unpaired) electrons. The highest BCUT2D eigenvalue weighted by molar-refractivity contribution is 6.04. The minimum absolute atomic E-state index is 0.118. The van der Waals surface area contributed by atoms with Crippen molar-refractivity contribution >= 4 is 16.7 Å². The first-order valence-corrected chi connectivity index (χ1v) is 5.78. The summed E-state index contributed by atoms with van der Waals surface area (Å²) in [6.45, 7) is -1.76. The Morgan fingerprint density at radius 1 is 1.35 bits per heavy atom. The van der Waals surface area contributed by atoms with Gasteiger partial charge in [0.25, 0.3) is 17.4 Å². The molecular formula is C12H12F2N4O2. The first-order chi connectivity index (χ1) is 9.44. The first-order valence-electron chi connectivity index (χ1n) is 5.78. The largest absolute Gasteiger partial charge is 0.345 e. The van der Waals surface area contributed by atoms with Crippen LogP contribution >= 0.6 is 0 Å². The number of amides is 1. The van der Waals surface area contributed by atoms with Crippen molar-refractivity contribution in [1.29, 1.82) is 0 Å². The molecule has 4 N–H and O–H groups in total. The van der Waals surface area contributed by atoms with Gasteiger partial charge in [-0.1, -0.05) is 18.2 Å². The van der Waals surface area contributed by atoms with E-state index in [-0.39, 0.29) is 11.1 Å².